The summed E-state index contributed by atoms with van der Waals surface area (Å²) in [5.74, 6) is -1.87. The Morgan fingerprint density at radius 3 is 2.21 bits per heavy atom. The first kappa shape index (κ1) is 33.1. The lowest BCUT2D eigenvalue weighted by atomic mass is 9.70. The fourth-order valence-electron chi connectivity index (χ4n) is 7.81. The highest BCUT2D eigenvalue weighted by Gasteiger charge is 2.74. The number of benzene rings is 3. The molecule has 47 heavy (non-hydrogen) atoms. The van der Waals surface area contributed by atoms with E-state index >= 15 is 0 Å². The highest BCUT2D eigenvalue weighted by molar-refractivity contribution is 8.02. The topological polar surface area (TPSA) is 81.2 Å². The molecule has 0 saturated carbocycles. The monoisotopic (exact) mass is 669 g/mol. The summed E-state index contributed by atoms with van der Waals surface area (Å²) in [6.07, 6.45) is 5.11. The molecule has 6 atom stereocenters. The third kappa shape index (κ3) is 6.15. The van der Waals surface area contributed by atoms with Crippen LogP contribution in [-0.2, 0) is 27.3 Å². The van der Waals surface area contributed by atoms with Gasteiger partial charge in [-0.15, -0.1) is 24.9 Å². The van der Waals surface area contributed by atoms with Gasteiger partial charge >= 0.3 is 0 Å². The molecule has 6 rings (SSSR count). The van der Waals surface area contributed by atoms with E-state index in [-0.39, 0.29) is 36.1 Å². The van der Waals surface area contributed by atoms with Crippen LogP contribution in [0.1, 0.15) is 24.0 Å². The Kier molecular flexibility index (Phi) is 9.92. The Labute approximate surface area is 285 Å². The molecule has 3 amide bonds. The predicted octanol–water partition coefficient (Wildman–Crippen LogP) is 5.77. The first-order chi connectivity index (χ1) is 22.8. The van der Waals surface area contributed by atoms with E-state index < -0.39 is 28.7 Å². The zero-order chi connectivity index (χ0) is 33.1. The van der Waals surface area contributed by atoms with Crippen molar-refractivity contribution in [3.63, 3.8) is 0 Å². The first-order valence-corrected chi connectivity index (χ1v) is 17.3. The zero-order valence-corrected chi connectivity index (χ0v) is 27.9. The average molecular weight is 670 g/mol. The zero-order valence-electron chi connectivity index (χ0n) is 26.3. The molecule has 0 radical (unpaired) electrons. The minimum absolute atomic E-state index is 0.0940. The van der Waals surface area contributed by atoms with Crippen molar-refractivity contribution in [1.82, 2.24) is 9.80 Å². The third-order valence-electron chi connectivity index (χ3n) is 9.77. The summed E-state index contributed by atoms with van der Waals surface area (Å²) in [5.41, 5.74) is 2.58. The summed E-state index contributed by atoms with van der Waals surface area (Å²) >= 11 is 7.82. The molecule has 7 nitrogen and oxygen atoms in total. The van der Waals surface area contributed by atoms with Crippen LogP contribution in [-0.4, -0.2) is 74.4 Å². The third-order valence-corrected chi connectivity index (χ3v) is 12.0. The van der Waals surface area contributed by atoms with Crippen molar-refractivity contribution in [3.8, 4) is 0 Å². The molecule has 2 bridgehead atoms. The molecule has 3 heterocycles. The van der Waals surface area contributed by atoms with Crippen molar-refractivity contribution in [2.45, 2.75) is 47.9 Å². The molecule has 2 unspecified atom stereocenters. The quantitative estimate of drug-likeness (QED) is 0.234. The number of aliphatic hydroxyl groups is 1. The van der Waals surface area contributed by atoms with E-state index in [4.69, 9.17) is 11.6 Å². The van der Waals surface area contributed by atoms with Crippen molar-refractivity contribution in [1.29, 1.82) is 0 Å². The lowest BCUT2D eigenvalue weighted by Crippen LogP contribution is -2.58. The number of carbonyl (C=O) groups is 3. The molecule has 3 aliphatic rings. The van der Waals surface area contributed by atoms with Gasteiger partial charge < -0.3 is 19.8 Å². The van der Waals surface area contributed by atoms with Crippen LogP contribution in [0.15, 0.2) is 110 Å². The van der Waals surface area contributed by atoms with Gasteiger partial charge in [-0.05, 0) is 54.7 Å². The number of amides is 3. The largest absolute Gasteiger partial charge is 0.394 e. The lowest BCUT2D eigenvalue weighted by Gasteiger charge is -2.39. The van der Waals surface area contributed by atoms with Crippen LogP contribution < -0.4 is 4.90 Å². The molecule has 3 aliphatic heterocycles. The maximum atomic E-state index is 15.0. The summed E-state index contributed by atoms with van der Waals surface area (Å²) in [6.45, 7) is 8.46. The second-order valence-corrected chi connectivity index (χ2v) is 14.6. The standard InChI is InChI=1S/C38H40ClN3O4S/c1-3-21-40(24-27-13-9-6-10-14-27)35(44)32-31-19-20-38(47-31)33(32)36(45)42(30(25-43)23-26-11-7-5-8-12-26)34(38)37(46)41(22-4-2)29-17-15-28(39)16-18-29/h3-18,30-34,43H,1-2,19-25H2/t30-,31+,32-,33+,34?,38?/m1/s1. The fourth-order valence-corrected chi connectivity index (χ4v) is 10.1. The number of likely N-dealkylation sites (tertiary alicyclic amines) is 1. The number of nitrogens with zero attached hydrogens (tertiary/aromatic N) is 3. The molecule has 3 fully saturated rings. The molecule has 0 aromatic heterocycles. The number of aliphatic hydroxyl groups excluding tert-OH is 1. The lowest BCUT2D eigenvalue weighted by molar-refractivity contribution is -0.145. The summed E-state index contributed by atoms with van der Waals surface area (Å²) in [4.78, 5) is 49.5. The van der Waals surface area contributed by atoms with E-state index in [2.05, 4.69) is 13.2 Å². The Bertz CT molecular complexity index is 1620. The molecule has 1 spiro atoms. The molecule has 3 aromatic carbocycles. The summed E-state index contributed by atoms with van der Waals surface area (Å²) in [7, 11) is 0. The van der Waals surface area contributed by atoms with Crippen LogP contribution in [0.2, 0.25) is 5.02 Å². The van der Waals surface area contributed by atoms with E-state index in [1.807, 2.05) is 60.7 Å². The minimum Gasteiger partial charge on any atom is -0.394 e. The van der Waals surface area contributed by atoms with Crippen LogP contribution in [0.4, 0.5) is 5.69 Å². The van der Waals surface area contributed by atoms with Gasteiger partial charge in [-0.3, -0.25) is 14.4 Å². The number of hydrogen-bond acceptors (Lipinski definition) is 5. The normalized spacial score (nSPS) is 24.9. The van der Waals surface area contributed by atoms with Crippen LogP contribution in [0, 0.1) is 11.8 Å². The summed E-state index contributed by atoms with van der Waals surface area (Å²) < 4.78 is -0.818. The highest BCUT2D eigenvalue weighted by atomic mass is 35.5. The molecule has 244 valence electrons. The number of hydrogen-bond donors (Lipinski definition) is 1. The van der Waals surface area contributed by atoms with E-state index in [1.54, 1.807) is 62.9 Å². The molecule has 0 aliphatic carbocycles. The molecular formula is C38H40ClN3O4S. The van der Waals surface area contributed by atoms with Gasteiger partial charge in [-0.2, -0.15) is 0 Å². The van der Waals surface area contributed by atoms with Crippen molar-refractivity contribution in [2.75, 3.05) is 24.6 Å². The van der Waals surface area contributed by atoms with Crippen LogP contribution >= 0.6 is 23.4 Å². The van der Waals surface area contributed by atoms with E-state index in [9.17, 15) is 19.5 Å². The molecule has 3 saturated heterocycles. The van der Waals surface area contributed by atoms with Gasteiger partial charge in [0.15, 0.2) is 0 Å². The van der Waals surface area contributed by atoms with E-state index in [0.717, 1.165) is 17.5 Å². The molecule has 9 heteroatoms. The van der Waals surface area contributed by atoms with Gasteiger partial charge in [0, 0.05) is 35.6 Å². The average Bonchev–Trinajstić information content (AvgIpc) is 3.74. The molecular weight excluding hydrogens is 630 g/mol. The number of thioether (sulfide) groups is 1. The smallest absolute Gasteiger partial charge is 0.251 e. The number of rotatable bonds is 13. The maximum absolute atomic E-state index is 15.0. The van der Waals surface area contributed by atoms with Gasteiger partial charge in [-0.25, -0.2) is 0 Å². The molecule has 3 aromatic rings. The Morgan fingerprint density at radius 1 is 0.957 bits per heavy atom. The number of fused-ring (bicyclic) bond motifs is 1. The van der Waals surface area contributed by atoms with Gasteiger partial charge in [-0.1, -0.05) is 84.4 Å². The second-order valence-electron chi connectivity index (χ2n) is 12.5. The van der Waals surface area contributed by atoms with Gasteiger partial charge in [0.1, 0.15) is 6.04 Å². The number of carbonyl (C=O) groups excluding carboxylic acids is 3. The fraction of sp³-hybridized carbons (Fsp3) is 0.342. The Balaban J connectivity index is 1.42. The molecule has 1 N–H and O–H groups in total. The van der Waals surface area contributed by atoms with Crippen LogP contribution in [0.25, 0.3) is 0 Å². The van der Waals surface area contributed by atoms with Crippen LogP contribution in [0.5, 0.6) is 0 Å². The second kappa shape index (κ2) is 14.1. The van der Waals surface area contributed by atoms with Crippen molar-refractivity contribution < 1.29 is 19.5 Å². The number of anilines is 1. The van der Waals surface area contributed by atoms with Gasteiger partial charge in [0.2, 0.25) is 11.8 Å². The van der Waals surface area contributed by atoms with E-state index in [0.29, 0.717) is 36.6 Å². The van der Waals surface area contributed by atoms with Crippen LogP contribution in [0.3, 0.4) is 0 Å². The first-order valence-electron chi connectivity index (χ1n) is 16.1. The van der Waals surface area contributed by atoms with Crippen molar-refractivity contribution in [3.05, 3.63) is 126 Å². The SMILES string of the molecule is C=CCN(Cc1ccccc1)C(=O)[C@@H]1[C@@H]2CCC3(S2)C(C(=O)N(CC=C)c2ccc(Cl)cc2)N([C@@H](CO)Cc2ccccc2)C(=O)[C@H]13. The predicted molar refractivity (Wildman–Crippen MR) is 188 cm³/mol. The Hall–Kier alpha value is -3.85. The minimum atomic E-state index is -0.883. The highest BCUT2D eigenvalue weighted by Crippen LogP contribution is 2.67. The van der Waals surface area contributed by atoms with Gasteiger partial charge in [0.05, 0.1) is 29.2 Å². The summed E-state index contributed by atoms with van der Waals surface area (Å²) in [5, 5.41) is 11.3. The maximum Gasteiger partial charge on any atom is 0.251 e. The van der Waals surface area contributed by atoms with Gasteiger partial charge in [0.25, 0.3) is 5.91 Å². The summed E-state index contributed by atoms with van der Waals surface area (Å²) in [6, 6.07) is 25.0. The van der Waals surface area contributed by atoms with Crippen molar-refractivity contribution in [2.24, 2.45) is 11.8 Å². The van der Waals surface area contributed by atoms with Crippen molar-refractivity contribution >= 4 is 46.8 Å². The number of halogens is 1. The Morgan fingerprint density at radius 2 is 1.60 bits per heavy atom. The van der Waals surface area contributed by atoms with E-state index in [1.165, 1.54) is 0 Å².